The van der Waals surface area contributed by atoms with Crippen molar-refractivity contribution in [1.29, 1.82) is 0 Å². The van der Waals surface area contributed by atoms with Gasteiger partial charge in [-0.1, -0.05) is 121 Å². The molecule has 0 saturated carbocycles. The molecule has 1 N–H and O–H groups in total. The molecule has 1 saturated heterocycles. The monoisotopic (exact) mass is 566 g/mol. The first kappa shape index (κ1) is 28.1. The highest BCUT2D eigenvalue weighted by atomic mass is 35.5. The normalized spacial score (nSPS) is 19.9. The van der Waals surface area contributed by atoms with Crippen LogP contribution < -0.4 is 5.32 Å². The van der Waals surface area contributed by atoms with Gasteiger partial charge in [0.15, 0.2) is 0 Å². The minimum Gasteiger partial charge on any atom is -0.469 e. The molecule has 0 spiro atoms. The molecule has 1 fully saturated rings. The Kier molecular flexibility index (Phi) is 8.80. The van der Waals surface area contributed by atoms with E-state index in [0.29, 0.717) is 5.02 Å². The highest BCUT2D eigenvalue weighted by Crippen LogP contribution is 2.50. The van der Waals surface area contributed by atoms with E-state index in [4.69, 9.17) is 16.3 Å². The Hall–Kier alpha value is -4.42. The molecule has 4 atom stereocenters. The second kappa shape index (κ2) is 12.8. The lowest BCUT2D eigenvalue weighted by atomic mass is 9.80. The van der Waals surface area contributed by atoms with E-state index >= 15 is 0 Å². The van der Waals surface area contributed by atoms with Crippen LogP contribution >= 0.6 is 11.6 Å². The van der Waals surface area contributed by atoms with Crippen LogP contribution in [0.2, 0.25) is 5.02 Å². The van der Waals surface area contributed by atoms with E-state index in [1.54, 1.807) is 11.0 Å². The first-order chi connectivity index (χ1) is 20.0. The maximum atomic E-state index is 14.2. The van der Waals surface area contributed by atoms with Gasteiger partial charge in [0.1, 0.15) is 6.04 Å². The van der Waals surface area contributed by atoms with Gasteiger partial charge in [-0.3, -0.25) is 14.4 Å². The second-order valence-corrected chi connectivity index (χ2v) is 10.5. The summed E-state index contributed by atoms with van der Waals surface area (Å²) in [5, 5.41) is 3.54. The van der Waals surface area contributed by atoms with Crippen molar-refractivity contribution >= 4 is 29.4 Å². The lowest BCUT2D eigenvalue weighted by Crippen LogP contribution is -2.49. The number of esters is 1. The fourth-order valence-corrected chi connectivity index (χ4v) is 6.00. The van der Waals surface area contributed by atoms with Gasteiger partial charge in [-0.25, -0.2) is 0 Å². The molecule has 208 valence electrons. The van der Waals surface area contributed by atoms with E-state index in [9.17, 15) is 14.4 Å². The molecule has 2 amide bonds. The number of benzene rings is 4. The van der Waals surface area contributed by atoms with Gasteiger partial charge in [-0.05, 0) is 28.3 Å². The van der Waals surface area contributed by atoms with Crippen LogP contribution in [0.3, 0.4) is 0 Å². The Labute approximate surface area is 244 Å². The molecule has 4 unspecified atom stereocenters. The van der Waals surface area contributed by atoms with Crippen LogP contribution in [0.1, 0.15) is 34.2 Å². The molecule has 7 heteroatoms. The number of methoxy groups -OCH3 is 1. The molecule has 0 bridgehead atoms. The Morgan fingerprint density at radius 2 is 1.34 bits per heavy atom. The van der Waals surface area contributed by atoms with Crippen LogP contribution in [0.15, 0.2) is 115 Å². The third-order valence-corrected chi connectivity index (χ3v) is 8.00. The summed E-state index contributed by atoms with van der Waals surface area (Å²) in [6.45, 7) is 0.177. The number of likely N-dealkylation sites (tertiary alicyclic amines) is 1. The van der Waals surface area contributed by atoms with Gasteiger partial charge in [0.25, 0.3) is 0 Å². The number of carbonyl (C=O) groups is 3. The predicted octanol–water partition coefficient (Wildman–Crippen LogP) is 5.72. The summed E-state index contributed by atoms with van der Waals surface area (Å²) in [6.07, 6.45) is 0.0773. The van der Waals surface area contributed by atoms with Gasteiger partial charge in [-0.2, -0.15) is 0 Å². The quantitative estimate of drug-likeness (QED) is 0.277. The zero-order valence-corrected chi connectivity index (χ0v) is 23.4. The number of ether oxygens (including phenoxy) is 1. The molecule has 1 aliphatic heterocycles. The number of amides is 2. The van der Waals surface area contributed by atoms with Gasteiger partial charge in [0.2, 0.25) is 11.8 Å². The Morgan fingerprint density at radius 3 is 1.95 bits per heavy atom. The van der Waals surface area contributed by atoms with Gasteiger partial charge >= 0.3 is 5.97 Å². The van der Waals surface area contributed by atoms with E-state index in [1.165, 1.54) is 7.11 Å². The van der Waals surface area contributed by atoms with Crippen LogP contribution in [-0.4, -0.2) is 35.8 Å². The summed E-state index contributed by atoms with van der Waals surface area (Å²) in [7, 11) is 1.34. The number of nitrogens with one attached hydrogen (secondary N) is 1. The van der Waals surface area contributed by atoms with Crippen molar-refractivity contribution < 1.29 is 19.1 Å². The standard InChI is InChI=1S/C34H31ClN2O4/c1-41-34(40)30-29(24-15-7-3-8-16-24)32(33(39)36-22-26-19-11-12-20-27(26)35)37(31(30)25-17-9-4-10-18-25)28(38)21-23-13-5-2-6-14-23/h2-20,29-32H,21-22H2,1H3,(H,36,39). The third-order valence-electron chi connectivity index (χ3n) is 7.63. The molecule has 1 aliphatic rings. The number of carbonyl (C=O) groups excluding carboxylic acids is 3. The fourth-order valence-electron chi connectivity index (χ4n) is 5.80. The van der Waals surface area contributed by atoms with E-state index < -0.39 is 29.9 Å². The molecule has 1 heterocycles. The lowest BCUT2D eigenvalue weighted by molar-refractivity contribution is -0.147. The molecule has 41 heavy (non-hydrogen) atoms. The van der Waals surface area contributed by atoms with Crippen LogP contribution in [0.5, 0.6) is 0 Å². The van der Waals surface area contributed by atoms with E-state index in [-0.39, 0.29) is 24.8 Å². The zero-order valence-electron chi connectivity index (χ0n) is 22.7. The van der Waals surface area contributed by atoms with Gasteiger partial charge < -0.3 is 15.0 Å². The van der Waals surface area contributed by atoms with Crippen molar-refractivity contribution in [2.45, 2.75) is 31.0 Å². The van der Waals surface area contributed by atoms with E-state index in [0.717, 1.165) is 22.3 Å². The van der Waals surface area contributed by atoms with E-state index in [1.807, 2.05) is 109 Å². The van der Waals surface area contributed by atoms with Crippen molar-refractivity contribution in [3.8, 4) is 0 Å². The second-order valence-electron chi connectivity index (χ2n) is 10.1. The number of hydrogen-bond acceptors (Lipinski definition) is 4. The summed E-state index contributed by atoms with van der Waals surface area (Å²) >= 11 is 6.37. The number of halogens is 1. The fraction of sp³-hybridized carbons (Fsp3) is 0.206. The lowest BCUT2D eigenvalue weighted by Gasteiger charge is -2.31. The van der Waals surface area contributed by atoms with Crippen LogP contribution in [-0.2, 0) is 32.1 Å². The molecule has 0 aliphatic carbocycles. The zero-order chi connectivity index (χ0) is 28.8. The molecule has 4 aromatic carbocycles. The molecular formula is C34H31ClN2O4. The minimum absolute atomic E-state index is 0.0773. The Balaban J connectivity index is 1.63. The third kappa shape index (κ3) is 6.03. The van der Waals surface area contributed by atoms with Gasteiger partial charge in [0.05, 0.1) is 25.5 Å². The smallest absolute Gasteiger partial charge is 0.311 e. The number of hydrogen-bond donors (Lipinski definition) is 1. The molecule has 5 rings (SSSR count). The van der Waals surface area contributed by atoms with Gasteiger partial charge in [0, 0.05) is 17.5 Å². The number of rotatable bonds is 8. The summed E-state index contributed by atoms with van der Waals surface area (Å²) in [5.74, 6) is -2.57. The predicted molar refractivity (Wildman–Crippen MR) is 158 cm³/mol. The van der Waals surface area contributed by atoms with Crippen LogP contribution in [0.25, 0.3) is 0 Å². The highest BCUT2D eigenvalue weighted by molar-refractivity contribution is 6.31. The van der Waals surface area contributed by atoms with E-state index in [2.05, 4.69) is 5.32 Å². The minimum atomic E-state index is -0.981. The summed E-state index contributed by atoms with van der Waals surface area (Å²) < 4.78 is 5.33. The Bertz CT molecular complexity index is 1500. The SMILES string of the molecule is COC(=O)C1C(c2ccccc2)C(C(=O)NCc2ccccc2Cl)N(C(=O)Cc2ccccc2)C1c1ccccc1. The molecule has 0 radical (unpaired) electrons. The number of nitrogens with zero attached hydrogens (tertiary/aromatic N) is 1. The van der Waals surface area contributed by atoms with Crippen molar-refractivity contribution in [2.75, 3.05) is 7.11 Å². The topological polar surface area (TPSA) is 75.7 Å². The Morgan fingerprint density at radius 1 is 0.780 bits per heavy atom. The van der Waals surface area contributed by atoms with Crippen LogP contribution in [0, 0.1) is 5.92 Å². The average Bonchev–Trinajstić information content (AvgIpc) is 3.38. The molecule has 0 aromatic heterocycles. The summed E-state index contributed by atoms with van der Waals surface area (Å²) in [6, 6.07) is 33.8. The van der Waals surface area contributed by atoms with Crippen molar-refractivity contribution in [3.05, 3.63) is 143 Å². The van der Waals surface area contributed by atoms with Crippen LogP contribution in [0.4, 0.5) is 0 Å². The average molecular weight is 567 g/mol. The summed E-state index contributed by atoms with van der Waals surface area (Å²) in [5.41, 5.74) is 3.10. The van der Waals surface area contributed by atoms with Crippen molar-refractivity contribution in [1.82, 2.24) is 10.2 Å². The highest BCUT2D eigenvalue weighted by Gasteiger charge is 2.57. The molecule has 4 aromatic rings. The maximum absolute atomic E-state index is 14.2. The van der Waals surface area contributed by atoms with Crippen molar-refractivity contribution in [2.24, 2.45) is 5.92 Å². The molecule has 6 nitrogen and oxygen atoms in total. The summed E-state index contributed by atoms with van der Waals surface area (Å²) in [4.78, 5) is 43.7. The maximum Gasteiger partial charge on any atom is 0.311 e. The first-order valence-electron chi connectivity index (χ1n) is 13.5. The first-order valence-corrected chi connectivity index (χ1v) is 13.9. The molecular weight excluding hydrogens is 536 g/mol. The largest absolute Gasteiger partial charge is 0.469 e. The van der Waals surface area contributed by atoms with Gasteiger partial charge in [-0.15, -0.1) is 0 Å². The van der Waals surface area contributed by atoms with Crippen molar-refractivity contribution in [3.63, 3.8) is 0 Å².